The van der Waals surface area contributed by atoms with Crippen molar-refractivity contribution in [1.82, 2.24) is 10.2 Å². The first-order chi connectivity index (χ1) is 11.5. The van der Waals surface area contributed by atoms with Crippen LogP contribution in [0.4, 0.5) is 0 Å². The van der Waals surface area contributed by atoms with Crippen LogP contribution >= 0.6 is 12.2 Å². The van der Waals surface area contributed by atoms with Crippen LogP contribution in [0.1, 0.15) is 12.5 Å². The molecule has 0 unspecified atom stereocenters. The number of carbonyl (C=O) groups is 2. The van der Waals surface area contributed by atoms with Crippen molar-refractivity contribution in [3.63, 3.8) is 0 Å². The number of carbonyl (C=O) groups excluding carboxylic acids is 2. The first kappa shape index (κ1) is 16.1. The Morgan fingerprint density at radius 2 is 1.96 bits per heavy atom. The van der Waals surface area contributed by atoms with Gasteiger partial charge in [0.05, 0.1) is 6.61 Å². The maximum atomic E-state index is 12.4. The minimum Gasteiger partial charge on any atom is -0.493 e. The lowest BCUT2D eigenvalue weighted by molar-refractivity contribution is -0.128. The molecule has 122 valence electrons. The molecular formula is C18H16N2O3S. The molecule has 0 radical (unpaired) electrons. The van der Waals surface area contributed by atoms with Crippen molar-refractivity contribution >= 4 is 46.0 Å². The third kappa shape index (κ3) is 2.76. The minimum absolute atomic E-state index is 0.0309. The van der Waals surface area contributed by atoms with Crippen LogP contribution in [-0.4, -0.2) is 35.5 Å². The second-order valence-corrected chi connectivity index (χ2v) is 5.70. The zero-order valence-electron chi connectivity index (χ0n) is 13.3. The van der Waals surface area contributed by atoms with Crippen LogP contribution in [-0.2, 0) is 9.59 Å². The summed E-state index contributed by atoms with van der Waals surface area (Å²) in [6.07, 6.45) is 1.57. The van der Waals surface area contributed by atoms with Crippen LogP contribution in [0.25, 0.3) is 16.8 Å². The predicted molar refractivity (Wildman–Crippen MR) is 96.6 cm³/mol. The molecule has 1 heterocycles. The predicted octanol–water partition coefficient (Wildman–Crippen LogP) is 2.50. The van der Waals surface area contributed by atoms with E-state index < -0.39 is 11.8 Å². The number of nitrogens with zero attached hydrogens (tertiary/aromatic N) is 1. The molecule has 2 aromatic rings. The molecule has 2 amide bonds. The molecule has 0 atom stereocenters. The third-order valence-corrected chi connectivity index (χ3v) is 4.20. The van der Waals surface area contributed by atoms with Gasteiger partial charge in [-0.1, -0.05) is 30.3 Å². The molecule has 5 nitrogen and oxygen atoms in total. The van der Waals surface area contributed by atoms with E-state index >= 15 is 0 Å². The summed E-state index contributed by atoms with van der Waals surface area (Å²) in [5, 5.41) is 4.53. The number of nitrogens with one attached hydrogen (secondary N) is 1. The van der Waals surface area contributed by atoms with Gasteiger partial charge in [-0.15, -0.1) is 0 Å². The maximum absolute atomic E-state index is 12.4. The number of fused-ring (bicyclic) bond motifs is 1. The average Bonchev–Trinajstić information content (AvgIpc) is 2.58. The molecule has 1 fully saturated rings. The van der Waals surface area contributed by atoms with Gasteiger partial charge in [0.2, 0.25) is 0 Å². The highest BCUT2D eigenvalue weighted by Gasteiger charge is 2.31. The number of likely N-dealkylation sites (N-methyl/N-ethyl adjacent to an activating group) is 1. The molecular weight excluding hydrogens is 324 g/mol. The number of ether oxygens (including phenoxy) is 1. The van der Waals surface area contributed by atoms with Crippen molar-refractivity contribution in [2.24, 2.45) is 0 Å². The summed E-state index contributed by atoms with van der Waals surface area (Å²) in [7, 11) is 1.53. The Morgan fingerprint density at radius 1 is 1.21 bits per heavy atom. The quantitative estimate of drug-likeness (QED) is 0.530. The topological polar surface area (TPSA) is 58.6 Å². The van der Waals surface area contributed by atoms with Gasteiger partial charge >= 0.3 is 0 Å². The van der Waals surface area contributed by atoms with Crippen LogP contribution < -0.4 is 10.1 Å². The number of hydrogen-bond acceptors (Lipinski definition) is 4. The van der Waals surface area contributed by atoms with E-state index in [0.29, 0.717) is 17.9 Å². The standard InChI is InChI=1S/C18H16N2O3S/c1-3-23-15-9-8-11-6-4-5-7-12(11)13(15)10-14-16(21)19-18(24)20(2)17(14)22/h4-10H,3H2,1-2H3,(H,19,21,24)/b14-10+. The lowest BCUT2D eigenvalue weighted by atomic mass is 10.00. The van der Waals surface area contributed by atoms with E-state index in [1.54, 1.807) is 6.08 Å². The van der Waals surface area contributed by atoms with E-state index in [1.165, 1.54) is 11.9 Å². The normalized spacial score (nSPS) is 16.7. The van der Waals surface area contributed by atoms with Crippen molar-refractivity contribution < 1.29 is 14.3 Å². The molecule has 0 spiro atoms. The summed E-state index contributed by atoms with van der Waals surface area (Å²) >= 11 is 4.97. The fraction of sp³-hybridized carbons (Fsp3) is 0.167. The van der Waals surface area contributed by atoms with E-state index in [9.17, 15) is 9.59 Å². The van der Waals surface area contributed by atoms with E-state index in [2.05, 4.69) is 5.32 Å². The van der Waals surface area contributed by atoms with Gasteiger partial charge < -0.3 is 4.74 Å². The van der Waals surface area contributed by atoms with Crippen molar-refractivity contribution in [2.45, 2.75) is 6.92 Å². The smallest absolute Gasteiger partial charge is 0.265 e. The Morgan fingerprint density at radius 3 is 2.71 bits per heavy atom. The van der Waals surface area contributed by atoms with Gasteiger partial charge in [-0.05, 0) is 42.1 Å². The zero-order valence-corrected chi connectivity index (χ0v) is 14.1. The Kier molecular flexibility index (Phi) is 4.31. The second-order valence-electron chi connectivity index (χ2n) is 5.31. The van der Waals surface area contributed by atoms with E-state index in [0.717, 1.165) is 10.8 Å². The maximum Gasteiger partial charge on any atom is 0.265 e. The summed E-state index contributed by atoms with van der Waals surface area (Å²) in [5.41, 5.74) is 0.734. The van der Waals surface area contributed by atoms with Gasteiger partial charge in [0.25, 0.3) is 11.8 Å². The van der Waals surface area contributed by atoms with Crippen LogP contribution in [0.2, 0.25) is 0 Å². The first-order valence-electron chi connectivity index (χ1n) is 7.52. The fourth-order valence-electron chi connectivity index (χ4n) is 2.60. The fourth-order valence-corrected chi connectivity index (χ4v) is 2.77. The summed E-state index contributed by atoms with van der Waals surface area (Å²) in [6.45, 7) is 2.37. The Bertz CT molecular complexity index is 889. The average molecular weight is 340 g/mol. The highest BCUT2D eigenvalue weighted by Crippen LogP contribution is 2.31. The Hall–Kier alpha value is -2.73. The van der Waals surface area contributed by atoms with Crippen LogP contribution in [0.3, 0.4) is 0 Å². The largest absolute Gasteiger partial charge is 0.493 e. The molecule has 2 aromatic carbocycles. The van der Waals surface area contributed by atoms with Gasteiger partial charge in [-0.3, -0.25) is 19.8 Å². The Balaban J connectivity index is 2.21. The lowest BCUT2D eigenvalue weighted by Gasteiger charge is -2.25. The molecule has 1 aliphatic heterocycles. The Labute approximate surface area is 144 Å². The molecule has 6 heteroatoms. The van der Waals surface area contributed by atoms with Gasteiger partial charge in [-0.2, -0.15) is 0 Å². The molecule has 0 saturated carbocycles. The van der Waals surface area contributed by atoms with Crippen LogP contribution in [0.5, 0.6) is 5.75 Å². The highest BCUT2D eigenvalue weighted by molar-refractivity contribution is 7.80. The number of amides is 2. The van der Waals surface area contributed by atoms with Gasteiger partial charge in [-0.25, -0.2) is 0 Å². The summed E-state index contributed by atoms with van der Waals surface area (Å²) in [6, 6.07) is 11.5. The summed E-state index contributed by atoms with van der Waals surface area (Å²) in [4.78, 5) is 25.9. The third-order valence-electron chi connectivity index (χ3n) is 3.82. The number of hydrogen-bond donors (Lipinski definition) is 1. The minimum atomic E-state index is -0.501. The second kappa shape index (κ2) is 6.41. The summed E-state index contributed by atoms with van der Waals surface area (Å²) < 4.78 is 5.68. The van der Waals surface area contributed by atoms with Crippen molar-refractivity contribution in [3.8, 4) is 5.75 Å². The highest BCUT2D eigenvalue weighted by atomic mass is 32.1. The summed E-state index contributed by atoms with van der Waals surface area (Å²) in [5.74, 6) is -0.308. The van der Waals surface area contributed by atoms with Gasteiger partial charge in [0, 0.05) is 12.6 Å². The molecule has 0 aromatic heterocycles. The molecule has 1 N–H and O–H groups in total. The molecule has 0 bridgehead atoms. The number of rotatable bonds is 3. The van der Waals surface area contributed by atoms with E-state index in [1.807, 2.05) is 43.3 Å². The lowest BCUT2D eigenvalue weighted by Crippen LogP contribution is -2.52. The van der Waals surface area contributed by atoms with E-state index in [4.69, 9.17) is 17.0 Å². The van der Waals surface area contributed by atoms with Gasteiger partial charge in [0.1, 0.15) is 11.3 Å². The molecule has 0 aliphatic carbocycles. The molecule has 1 saturated heterocycles. The number of benzene rings is 2. The van der Waals surface area contributed by atoms with E-state index in [-0.39, 0.29) is 10.7 Å². The van der Waals surface area contributed by atoms with Gasteiger partial charge in [0.15, 0.2) is 5.11 Å². The SMILES string of the molecule is CCOc1ccc2ccccc2c1/C=C1\C(=O)NC(=S)N(C)C1=O. The monoisotopic (exact) mass is 340 g/mol. The van der Waals surface area contributed by atoms with Crippen molar-refractivity contribution in [3.05, 3.63) is 47.5 Å². The van der Waals surface area contributed by atoms with Crippen molar-refractivity contribution in [1.29, 1.82) is 0 Å². The molecule has 1 aliphatic rings. The molecule has 24 heavy (non-hydrogen) atoms. The van der Waals surface area contributed by atoms with Crippen LogP contribution in [0, 0.1) is 0 Å². The van der Waals surface area contributed by atoms with Crippen molar-refractivity contribution in [2.75, 3.05) is 13.7 Å². The molecule has 3 rings (SSSR count). The first-order valence-corrected chi connectivity index (χ1v) is 7.93. The zero-order chi connectivity index (χ0) is 17.3. The van der Waals surface area contributed by atoms with Crippen LogP contribution in [0.15, 0.2) is 42.0 Å². The number of thiocarbonyl (C=S) groups is 1.